The Morgan fingerprint density at radius 1 is 1.06 bits per heavy atom. The second-order valence-corrected chi connectivity index (χ2v) is 7.89. The van der Waals surface area contributed by atoms with Crippen LogP contribution in [0.15, 0.2) is 77.5 Å². The zero-order valence-corrected chi connectivity index (χ0v) is 16.8. The quantitative estimate of drug-likeness (QED) is 0.778. The van der Waals surface area contributed by atoms with Gasteiger partial charge in [-0.25, -0.2) is 4.39 Å². The molecule has 2 aliphatic rings. The SMILES string of the molecule is N#CC1=C(N)C(C#N)(C#N)C2=CCN(Cc3ccccc3)C[C@@H]2[C@@H]1c1cccc(F)c1. The molecule has 4 rings (SSSR count). The number of nitrogens with two attached hydrogens (primary N) is 1. The molecule has 1 heterocycles. The number of nitrogens with zero attached hydrogens (tertiary/aromatic N) is 4. The van der Waals surface area contributed by atoms with Crippen molar-refractivity contribution in [2.45, 2.75) is 12.5 Å². The summed E-state index contributed by atoms with van der Waals surface area (Å²) < 4.78 is 14.1. The second kappa shape index (κ2) is 8.07. The van der Waals surface area contributed by atoms with Gasteiger partial charge in [-0.1, -0.05) is 48.5 Å². The normalized spacial score (nSPS) is 22.5. The molecular weight excluding hydrogens is 389 g/mol. The van der Waals surface area contributed by atoms with Gasteiger partial charge in [-0.15, -0.1) is 0 Å². The lowest BCUT2D eigenvalue weighted by atomic mass is 9.60. The van der Waals surface area contributed by atoms with Crippen molar-refractivity contribution in [1.29, 1.82) is 15.8 Å². The highest BCUT2D eigenvalue weighted by Gasteiger charge is 2.52. The number of hydrogen-bond donors (Lipinski definition) is 1. The topological polar surface area (TPSA) is 101 Å². The van der Waals surface area contributed by atoms with Crippen LogP contribution in [0, 0.1) is 51.1 Å². The Hall–Kier alpha value is -3.92. The Balaban J connectivity index is 1.84. The fraction of sp³-hybridized carbons (Fsp3) is 0.240. The predicted molar refractivity (Wildman–Crippen MR) is 113 cm³/mol. The van der Waals surface area contributed by atoms with Crippen molar-refractivity contribution in [2.24, 2.45) is 17.1 Å². The third kappa shape index (κ3) is 3.36. The van der Waals surface area contributed by atoms with E-state index in [1.165, 1.54) is 12.1 Å². The van der Waals surface area contributed by atoms with Crippen LogP contribution < -0.4 is 5.73 Å². The summed E-state index contributed by atoms with van der Waals surface area (Å²) in [6.07, 6.45) is 1.89. The third-order valence-corrected chi connectivity index (χ3v) is 6.18. The minimum absolute atomic E-state index is 0.0479. The monoisotopic (exact) mass is 409 g/mol. The van der Waals surface area contributed by atoms with E-state index in [0.717, 1.165) is 5.56 Å². The van der Waals surface area contributed by atoms with Gasteiger partial charge in [0.25, 0.3) is 0 Å². The number of halogens is 1. The summed E-state index contributed by atoms with van der Waals surface area (Å²) in [4.78, 5) is 2.20. The van der Waals surface area contributed by atoms with E-state index in [4.69, 9.17) is 5.73 Å². The lowest BCUT2D eigenvalue weighted by Crippen LogP contribution is -2.47. The van der Waals surface area contributed by atoms with E-state index in [1.54, 1.807) is 12.1 Å². The van der Waals surface area contributed by atoms with Crippen molar-refractivity contribution in [3.05, 3.63) is 94.5 Å². The van der Waals surface area contributed by atoms with Gasteiger partial charge in [-0.05, 0) is 28.8 Å². The van der Waals surface area contributed by atoms with E-state index < -0.39 is 17.2 Å². The molecule has 2 aromatic carbocycles. The average Bonchev–Trinajstić information content (AvgIpc) is 2.79. The molecule has 5 nitrogen and oxygen atoms in total. The summed E-state index contributed by atoms with van der Waals surface area (Å²) in [5.74, 6) is -1.28. The number of hydrogen-bond acceptors (Lipinski definition) is 5. The lowest BCUT2D eigenvalue weighted by molar-refractivity contribution is 0.218. The first-order chi connectivity index (χ1) is 15.0. The predicted octanol–water partition coefficient (Wildman–Crippen LogP) is 3.75. The molecule has 0 saturated carbocycles. The fourth-order valence-electron chi connectivity index (χ4n) is 4.75. The van der Waals surface area contributed by atoms with Crippen molar-refractivity contribution in [3.8, 4) is 18.2 Å². The molecule has 31 heavy (non-hydrogen) atoms. The molecule has 0 saturated heterocycles. The van der Waals surface area contributed by atoms with Crippen LogP contribution in [0.2, 0.25) is 0 Å². The van der Waals surface area contributed by atoms with E-state index in [9.17, 15) is 20.2 Å². The number of nitriles is 3. The molecule has 152 valence electrons. The fourth-order valence-corrected chi connectivity index (χ4v) is 4.75. The number of allylic oxidation sites excluding steroid dienone is 2. The third-order valence-electron chi connectivity index (χ3n) is 6.18. The molecule has 6 heteroatoms. The van der Waals surface area contributed by atoms with Crippen LogP contribution in [0.1, 0.15) is 17.0 Å². The maximum atomic E-state index is 14.1. The summed E-state index contributed by atoms with van der Waals surface area (Å²) in [5, 5.41) is 29.9. The van der Waals surface area contributed by atoms with Crippen LogP contribution in [-0.2, 0) is 6.54 Å². The maximum absolute atomic E-state index is 14.1. The van der Waals surface area contributed by atoms with Crippen LogP contribution in [0.3, 0.4) is 0 Å². The Kier molecular flexibility index (Phi) is 5.30. The minimum atomic E-state index is -1.68. The summed E-state index contributed by atoms with van der Waals surface area (Å²) in [5.41, 5.74) is 7.07. The second-order valence-electron chi connectivity index (χ2n) is 7.89. The van der Waals surface area contributed by atoms with Crippen LogP contribution in [0.4, 0.5) is 4.39 Å². The highest BCUT2D eigenvalue weighted by atomic mass is 19.1. The van der Waals surface area contributed by atoms with Gasteiger partial charge in [0.2, 0.25) is 5.41 Å². The Labute approximate surface area is 180 Å². The Morgan fingerprint density at radius 3 is 2.45 bits per heavy atom. The highest BCUT2D eigenvalue weighted by molar-refractivity contribution is 5.58. The van der Waals surface area contributed by atoms with Gasteiger partial charge in [-0.3, -0.25) is 4.90 Å². The first-order valence-corrected chi connectivity index (χ1v) is 9.99. The first-order valence-electron chi connectivity index (χ1n) is 9.99. The molecule has 0 unspecified atom stereocenters. The zero-order chi connectivity index (χ0) is 22.0. The van der Waals surface area contributed by atoms with E-state index in [1.807, 2.05) is 36.4 Å². The first kappa shape index (κ1) is 20.4. The van der Waals surface area contributed by atoms with Crippen LogP contribution in [-0.4, -0.2) is 18.0 Å². The number of benzene rings is 2. The Morgan fingerprint density at radius 2 is 1.81 bits per heavy atom. The number of rotatable bonds is 3. The molecule has 0 aromatic heterocycles. The van der Waals surface area contributed by atoms with Crippen molar-refractivity contribution in [3.63, 3.8) is 0 Å². The minimum Gasteiger partial charge on any atom is -0.399 e. The average molecular weight is 409 g/mol. The van der Waals surface area contributed by atoms with Gasteiger partial charge in [0.1, 0.15) is 5.82 Å². The molecule has 0 bridgehead atoms. The van der Waals surface area contributed by atoms with Crippen LogP contribution in [0.5, 0.6) is 0 Å². The highest BCUT2D eigenvalue weighted by Crippen LogP contribution is 2.52. The molecule has 2 atom stereocenters. The Bertz CT molecular complexity index is 1180. The summed E-state index contributed by atoms with van der Waals surface area (Å²) in [7, 11) is 0. The summed E-state index contributed by atoms with van der Waals surface area (Å²) in [6, 6.07) is 22.4. The molecule has 2 aromatic rings. The lowest BCUT2D eigenvalue weighted by Gasteiger charge is -2.45. The summed E-state index contributed by atoms with van der Waals surface area (Å²) >= 11 is 0. The van der Waals surface area contributed by atoms with Gasteiger partial charge in [0, 0.05) is 31.5 Å². The van der Waals surface area contributed by atoms with Crippen LogP contribution in [0.25, 0.3) is 0 Å². The van der Waals surface area contributed by atoms with E-state index in [-0.39, 0.29) is 17.2 Å². The molecule has 1 aliphatic heterocycles. The van der Waals surface area contributed by atoms with Gasteiger partial charge in [0.05, 0.1) is 29.5 Å². The molecule has 0 spiro atoms. The van der Waals surface area contributed by atoms with Gasteiger partial charge in [0.15, 0.2) is 0 Å². The van der Waals surface area contributed by atoms with E-state index in [2.05, 4.69) is 23.1 Å². The van der Waals surface area contributed by atoms with Crippen molar-refractivity contribution < 1.29 is 4.39 Å². The molecule has 0 amide bonds. The molecular formula is C25H20FN5. The van der Waals surface area contributed by atoms with E-state index in [0.29, 0.717) is 30.8 Å². The largest absolute Gasteiger partial charge is 0.399 e. The van der Waals surface area contributed by atoms with Gasteiger partial charge >= 0.3 is 0 Å². The smallest absolute Gasteiger partial charge is 0.204 e. The zero-order valence-electron chi connectivity index (χ0n) is 16.8. The van der Waals surface area contributed by atoms with Crippen molar-refractivity contribution >= 4 is 0 Å². The molecule has 2 N–H and O–H groups in total. The van der Waals surface area contributed by atoms with Crippen LogP contribution >= 0.6 is 0 Å². The maximum Gasteiger partial charge on any atom is 0.204 e. The molecule has 0 fully saturated rings. The van der Waals surface area contributed by atoms with Crippen molar-refractivity contribution in [1.82, 2.24) is 4.90 Å². The van der Waals surface area contributed by atoms with Crippen molar-refractivity contribution in [2.75, 3.05) is 13.1 Å². The van der Waals surface area contributed by atoms with Gasteiger partial charge < -0.3 is 5.73 Å². The van der Waals surface area contributed by atoms with Gasteiger partial charge in [-0.2, -0.15) is 15.8 Å². The molecule has 1 aliphatic carbocycles. The van der Waals surface area contributed by atoms with E-state index >= 15 is 0 Å². The summed E-state index contributed by atoms with van der Waals surface area (Å²) in [6.45, 7) is 1.76. The standard InChI is InChI=1S/C25H20FN5/c26-19-8-4-7-18(11-19)23-20(12-27)24(30)25(15-28,16-29)22-9-10-31(14-21(22)23)13-17-5-2-1-3-6-17/h1-9,11,21,23H,10,13-14,30H2/t21-,23+/m0/s1. The number of fused-ring (bicyclic) bond motifs is 1. The molecule has 0 radical (unpaired) electrons.